The third-order valence-corrected chi connectivity index (χ3v) is 7.71. The maximum Gasteiger partial charge on any atom is 0.269 e. The number of amides is 2. The van der Waals surface area contributed by atoms with Crippen LogP contribution in [-0.2, 0) is 9.59 Å². The van der Waals surface area contributed by atoms with Gasteiger partial charge in [-0.05, 0) is 41.5 Å². The Balaban J connectivity index is 1.34. The summed E-state index contributed by atoms with van der Waals surface area (Å²) in [4.78, 5) is 55.4. The summed E-state index contributed by atoms with van der Waals surface area (Å²) in [7, 11) is 0. The minimum Gasteiger partial charge on any atom is -0.454 e. The van der Waals surface area contributed by atoms with Crippen molar-refractivity contribution in [3.63, 3.8) is 0 Å². The molecule has 0 bridgehead atoms. The molecule has 0 saturated carbocycles. The highest BCUT2D eigenvalue weighted by molar-refractivity contribution is 6.24. The van der Waals surface area contributed by atoms with E-state index >= 15 is 0 Å². The molecule has 2 fully saturated rings. The first-order valence-corrected chi connectivity index (χ1v) is 12.0. The largest absolute Gasteiger partial charge is 0.454 e. The first kappa shape index (κ1) is 22.2. The maximum absolute atomic E-state index is 14.0. The second-order valence-corrected chi connectivity index (χ2v) is 9.55. The lowest BCUT2D eigenvalue weighted by atomic mass is 9.83. The zero-order valence-electron chi connectivity index (χ0n) is 19.7. The van der Waals surface area contributed by atoms with Crippen LogP contribution in [0.15, 0.2) is 72.9 Å². The normalized spacial score (nSPS) is 24.3. The molecule has 0 aromatic heterocycles. The zero-order chi connectivity index (χ0) is 26.1. The van der Waals surface area contributed by atoms with E-state index in [4.69, 9.17) is 9.47 Å². The van der Waals surface area contributed by atoms with Crippen molar-refractivity contribution in [3.8, 4) is 11.5 Å². The first-order chi connectivity index (χ1) is 18.4. The number of rotatable bonds is 4. The zero-order valence-corrected chi connectivity index (χ0v) is 19.7. The fraction of sp³-hybridized carbons (Fsp3) is 0.179. The van der Waals surface area contributed by atoms with Crippen LogP contribution in [0, 0.1) is 22.0 Å². The highest BCUT2D eigenvalue weighted by Crippen LogP contribution is 2.54. The number of fused-ring (bicyclic) bond motifs is 6. The van der Waals surface area contributed by atoms with Crippen LogP contribution in [0.25, 0.3) is 6.08 Å². The van der Waals surface area contributed by atoms with Crippen molar-refractivity contribution in [1.29, 1.82) is 0 Å². The lowest BCUT2D eigenvalue weighted by Gasteiger charge is -2.35. The van der Waals surface area contributed by atoms with Gasteiger partial charge in [0.15, 0.2) is 17.3 Å². The van der Waals surface area contributed by atoms with Crippen LogP contribution in [-0.4, -0.2) is 40.3 Å². The van der Waals surface area contributed by atoms with Crippen LogP contribution in [0.4, 0.5) is 11.4 Å². The number of nitrogens with zero attached hydrogens (tertiary/aromatic N) is 3. The molecular weight excluding hydrogens is 490 g/mol. The maximum atomic E-state index is 14.0. The summed E-state index contributed by atoms with van der Waals surface area (Å²) >= 11 is 0. The molecule has 0 unspecified atom stereocenters. The second kappa shape index (κ2) is 8.01. The van der Waals surface area contributed by atoms with Gasteiger partial charge in [0.2, 0.25) is 18.6 Å². The van der Waals surface area contributed by atoms with Crippen LogP contribution in [0.2, 0.25) is 0 Å². The summed E-state index contributed by atoms with van der Waals surface area (Å²) in [6.45, 7) is 0.0535. The third kappa shape index (κ3) is 3.03. The molecule has 3 aromatic carbocycles. The van der Waals surface area contributed by atoms with Gasteiger partial charge in [0.25, 0.3) is 5.69 Å². The van der Waals surface area contributed by atoms with E-state index in [1.807, 2.05) is 30.3 Å². The van der Waals surface area contributed by atoms with Crippen LogP contribution in [0.5, 0.6) is 11.5 Å². The summed E-state index contributed by atoms with van der Waals surface area (Å²) in [6.07, 6.45) is 3.64. The van der Waals surface area contributed by atoms with Gasteiger partial charge in [-0.2, -0.15) is 0 Å². The molecule has 4 atom stereocenters. The van der Waals surface area contributed by atoms with Gasteiger partial charge in [-0.1, -0.05) is 24.3 Å². The number of benzene rings is 3. The Morgan fingerprint density at radius 2 is 1.66 bits per heavy atom. The van der Waals surface area contributed by atoms with Gasteiger partial charge in [-0.25, -0.2) is 4.90 Å². The summed E-state index contributed by atoms with van der Waals surface area (Å²) < 4.78 is 10.8. The quantitative estimate of drug-likeness (QED) is 0.226. The van der Waals surface area contributed by atoms with E-state index in [-0.39, 0.29) is 23.8 Å². The van der Waals surface area contributed by atoms with Crippen molar-refractivity contribution >= 4 is 35.0 Å². The monoisotopic (exact) mass is 509 g/mol. The number of imide groups is 1. The number of carbonyl (C=O) groups excluding carboxylic acids is 3. The lowest BCUT2D eigenvalue weighted by Crippen LogP contribution is -2.44. The number of Topliss-reactive ketones (excluding diaryl/α,β-unsaturated/α-hetero) is 1. The highest BCUT2D eigenvalue weighted by atomic mass is 16.7. The van der Waals surface area contributed by atoms with E-state index in [1.54, 1.807) is 29.3 Å². The average molecular weight is 509 g/mol. The molecule has 0 N–H and O–H groups in total. The Morgan fingerprint density at radius 3 is 2.45 bits per heavy atom. The molecule has 38 heavy (non-hydrogen) atoms. The second-order valence-electron chi connectivity index (χ2n) is 9.55. The van der Waals surface area contributed by atoms with Crippen molar-refractivity contribution in [2.24, 2.45) is 11.8 Å². The molecule has 2 amide bonds. The van der Waals surface area contributed by atoms with Crippen molar-refractivity contribution in [3.05, 3.63) is 99.7 Å². The number of nitro benzene ring substituents is 1. The summed E-state index contributed by atoms with van der Waals surface area (Å²) in [5, 5.41) is 11.1. The fourth-order valence-electron chi connectivity index (χ4n) is 6.05. The van der Waals surface area contributed by atoms with E-state index in [9.17, 15) is 24.5 Å². The molecular formula is C28H19N3O7. The fourth-order valence-corrected chi connectivity index (χ4v) is 6.05. The number of ketones is 1. The van der Waals surface area contributed by atoms with E-state index < -0.39 is 40.7 Å². The van der Waals surface area contributed by atoms with Gasteiger partial charge in [-0.3, -0.25) is 24.5 Å². The molecule has 0 aliphatic carbocycles. The van der Waals surface area contributed by atoms with Crippen LogP contribution >= 0.6 is 0 Å². The molecule has 4 aliphatic heterocycles. The van der Waals surface area contributed by atoms with Gasteiger partial charge in [0.1, 0.15) is 6.04 Å². The predicted molar refractivity (Wildman–Crippen MR) is 133 cm³/mol. The van der Waals surface area contributed by atoms with E-state index in [1.165, 1.54) is 24.3 Å². The van der Waals surface area contributed by atoms with E-state index in [2.05, 4.69) is 0 Å². The SMILES string of the molecule is O=C(c1ccc([N+](=O)[O-])cc1)[C@H]1[C@H]2C(=O)N(c3ccc4c(c3)OCO4)C(=O)[C@@H]2[C@H]2c3ccccc3C=CN21. The number of hydrogen-bond acceptors (Lipinski definition) is 8. The van der Waals surface area contributed by atoms with Gasteiger partial charge in [0, 0.05) is 30.0 Å². The van der Waals surface area contributed by atoms with Crippen molar-refractivity contribution in [2.75, 3.05) is 11.7 Å². The summed E-state index contributed by atoms with van der Waals surface area (Å²) in [5.41, 5.74) is 2.22. The Labute approximate surface area is 215 Å². The van der Waals surface area contributed by atoms with Gasteiger partial charge in [0.05, 0.1) is 28.5 Å². The Morgan fingerprint density at radius 1 is 0.921 bits per heavy atom. The molecule has 0 radical (unpaired) electrons. The topological polar surface area (TPSA) is 119 Å². The van der Waals surface area contributed by atoms with Crippen LogP contribution < -0.4 is 14.4 Å². The van der Waals surface area contributed by atoms with Gasteiger partial charge < -0.3 is 14.4 Å². The standard InChI is InChI=1S/C28H19N3O7/c32-26(16-5-7-17(8-6-16)31(35)36)25-23-22(24-19-4-2-1-3-15(19)11-12-29(24)25)27(33)30(28(23)34)18-9-10-20-21(13-18)38-14-37-20/h1-13,22-25H,14H2/t22-,23-,24+,25+/m0/s1. The minimum atomic E-state index is -0.966. The number of non-ortho nitro benzene ring substituents is 1. The molecule has 188 valence electrons. The van der Waals surface area contributed by atoms with Gasteiger partial charge in [-0.15, -0.1) is 0 Å². The first-order valence-electron chi connectivity index (χ1n) is 12.0. The number of hydrogen-bond donors (Lipinski definition) is 0. The lowest BCUT2D eigenvalue weighted by molar-refractivity contribution is -0.384. The number of anilines is 1. The average Bonchev–Trinajstić information content (AvgIpc) is 3.61. The molecule has 7 rings (SSSR count). The van der Waals surface area contributed by atoms with Gasteiger partial charge >= 0.3 is 0 Å². The molecule has 0 spiro atoms. The molecule has 4 heterocycles. The van der Waals surface area contributed by atoms with Crippen molar-refractivity contribution in [2.45, 2.75) is 12.1 Å². The van der Waals surface area contributed by atoms with E-state index in [0.717, 1.165) is 16.0 Å². The minimum absolute atomic E-state index is 0.0535. The smallest absolute Gasteiger partial charge is 0.269 e. The van der Waals surface area contributed by atoms with E-state index in [0.29, 0.717) is 17.2 Å². The Kier molecular flexibility index (Phi) is 4.68. The third-order valence-electron chi connectivity index (χ3n) is 7.71. The number of ether oxygens (including phenoxy) is 2. The summed E-state index contributed by atoms with van der Waals surface area (Å²) in [6, 6.07) is 16.3. The Bertz CT molecular complexity index is 1580. The summed E-state index contributed by atoms with van der Waals surface area (Å²) in [5.74, 6) is -2.03. The molecule has 2 saturated heterocycles. The van der Waals surface area contributed by atoms with Crippen molar-refractivity contribution in [1.82, 2.24) is 4.90 Å². The van der Waals surface area contributed by atoms with Crippen LogP contribution in [0.3, 0.4) is 0 Å². The number of nitro groups is 1. The molecule has 3 aromatic rings. The highest BCUT2D eigenvalue weighted by Gasteiger charge is 2.64. The number of carbonyl (C=O) groups is 3. The van der Waals surface area contributed by atoms with Crippen LogP contribution in [0.1, 0.15) is 27.5 Å². The molecule has 10 nitrogen and oxygen atoms in total. The van der Waals surface area contributed by atoms with Crippen molar-refractivity contribution < 1.29 is 28.8 Å². The predicted octanol–water partition coefficient (Wildman–Crippen LogP) is 3.72. The molecule has 4 aliphatic rings. The molecule has 10 heteroatoms. The Hall–Kier alpha value is -4.99.